The lowest BCUT2D eigenvalue weighted by atomic mass is 9.78. The lowest BCUT2D eigenvalue weighted by molar-refractivity contribution is -0.119. The molecule has 2 aromatic rings. The minimum absolute atomic E-state index is 0.0761. The molecule has 1 aliphatic carbocycles. The fraction of sp³-hybridized carbons (Fsp3) is 0.632. The highest BCUT2D eigenvalue weighted by atomic mass is 32.2. The standard InChI is InChI=1S/C19H27N3O2S2/c1-10-6-5-7-14(11(10)2)20-16(23)9-25-8-15-21-18(24)17-12(3)13(4)26-19(17)22-15/h10-11,14H,5-9H2,1-4H3,(H,20,23)(H,21,22,24)/t10-,11+,14-/m1/s1. The van der Waals surface area contributed by atoms with E-state index in [1.165, 1.54) is 24.6 Å². The van der Waals surface area contributed by atoms with Crippen molar-refractivity contribution < 1.29 is 4.79 Å². The van der Waals surface area contributed by atoms with Crippen LogP contribution in [0.1, 0.15) is 49.4 Å². The first kappa shape index (κ1) is 19.4. The van der Waals surface area contributed by atoms with E-state index in [-0.39, 0.29) is 11.5 Å². The summed E-state index contributed by atoms with van der Waals surface area (Å²) in [6, 6.07) is 0.290. The number of carbonyl (C=O) groups excluding carboxylic acids is 1. The molecule has 0 saturated heterocycles. The molecule has 0 bridgehead atoms. The molecule has 0 unspecified atom stereocenters. The largest absolute Gasteiger partial charge is 0.352 e. The van der Waals surface area contributed by atoms with Gasteiger partial charge in [0.25, 0.3) is 5.56 Å². The van der Waals surface area contributed by atoms with Gasteiger partial charge in [-0.25, -0.2) is 4.98 Å². The number of aromatic nitrogens is 2. The van der Waals surface area contributed by atoms with Gasteiger partial charge in [0.05, 0.1) is 16.9 Å². The van der Waals surface area contributed by atoms with Gasteiger partial charge in [-0.3, -0.25) is 9.59 Å². The van der Waals surface area contributed by atoms with Crippen molar-refractivity contribution in [3.8, 4) is 0 Å². The summed E-state index contributed by atoms with van der Waals surface area (Å²) in [7, 11) is 0. The number of hydrogen-bond acceptors (Lipinski definition) is 5. The van der Waals surface area contributed by atoms with E-state index in [1.54, 1.807) is 11.3 Å². The average Bonchev–Trinajstić information content (AvgIpc) is 2.86. The van der Waals surface area contributed by atoms with E-state index in [4.69, 9.17) is 0 Å². The van der Waals surface area contributed by atoms with Crippen LogP contribution in [0.15, 0.2) is 4.79 Å². The van der Waals surface area contributed by atoms with Crippen LogP contribution in [0, 0.1) is 25.7 Å². The Morgan fingerprint density at radius 2 is 2.12 bits per heavy atom. The summed E-state index contributed by atoms with van der Waals surface area (Å²) in [4.78, 5) is 33.9. The molecule has 3 rings (SSSR count). The molecule has 0 aliphatic heterocycles. The monoisotopic (exact) mass is 393 g/mol. The predicted octanol–water partition coefficient (Wildman–Crippen LogP) is 3.78. The number of aryl methyl sites for hydroxylation is 2. The Bertz CT molecular complexity index is 858. The molecule has 1 fully saturated rings. The van der Waals surface area contributed by atoms with Crippen LogP contribution >= 0.6 is 23.1 Å². The van der Waals surface area contributed by atoms with Crippen molar-refractivity contribution in [2.75, 3.05) is 5.75 Å². The number of aromatic amines is 1. The van der Waals surface area contributed by atoms with Gasteiger partial charge in [0.15, 0.2) is 0 Å². The molecule has 1 saturated carbocycles. The Morgan fingerprint density at radius 3 is 2.88 bits per heavy atom. The Hall–Kier alpha value is -1.34. The number of nitrogens with zero attached hydrogens (tertiary/aromatic N) is 1. The third kappa shape index (κ3) is 4.14. The van der Waals surface area contributed by atoms with Crippen LogP contribution in [-0.4, -0.2) is 27.7 Å². The molecule has 0 radical (unpaired) electrons. The quantitative estimate of drug-likeness (QED) is 0.811. The Kier molecular flexibility index (Phi) is 6.07. The minimum atomic E-state index is -0.0816. The van der Waals surface area contributed by atoms with Crippen LogP contribution in [0.5, 0.6) is 0 Å². The highest BCUT2D eigenvalue weighted by Gasteiger charge is 2.27. The molecule has 2 heterocycles. The second-order valence-electron chi connectivity index (χ2n) is 7.41. The number of carbonyl (C=O) groups is 1. The molecular formula is C19H27N3O2S2. The van der Waals surface area contributed by atoms with Gasteiger partial charge in [0, 0.05) is 10.9 Å². The molecule has 7 heteroatoms. The van der Waals surface area contributed by atoms with Crippen LogP contribution in [-0.2, 0) is 10.5 Å². The summed E-state index contributed by atoms with van der Waals surface area (Å²) in [5.41, 5.74) is 0.926. The molecule has 1 aliphatic rings. The Labute approximate surface area is 162 Å². The van der Waals surface area contributed by atoms with Gasteiger partial charge >= 0.3 is 0 Å². The molecule has 3 atom stereocenters. The van der Waals surface area contributed by atoms with E-state index in [9.17, 15) is 9.59 Å². The maximum Gasteiger partial charge on any atom is 0.259 e. The SMILES string of the molecule is Cc1sc2nc(CSCC(=O)N[C@@H]3CCC[C@@H](C)[C@@H]3C)[nH]c(=O)c2c1C. The van der Waals surface area contributed by atoms with Crippen molar-refractivity contribution >= 4 is 39.2 Å². The van der Waals surface area contributed by atoms with E-state index in [0.717, 1.165) is 21.7 Å². The number of fused-ring (bicyclic) bond motifs is 1. The van der Waals surface area contributed by atoms with Crippen molar-refractivity contribution in [2.45, 2.75) is 58.8 Å². The Morgan fingerprint density at radius 1 is 1.35 bits per heavy atom. The number of amides is 1. The number of H-pyrrole nitrogens is 1. The molecule has 1 amide bonds. The minimum Gasteiger partial charge on any atom is -0.352 e. The second kappa shape index (κ2) is 8.13. The normalized spacial score (nSPS) is 23.3. The fourth-order valence-electron chi connectivity index (χ4n) is 3.64. The van der Waals surface area contributed by atoms with Crippen LogP contribution in [0.3, 0.4) is 0 Å². The van der Waals surface area contributed by atoms with E-state index in [1.807, 2.05) is 13.8 Å². The van der Waals surface area contributed by atoms with Gasteiger partial charge < -0.3 is 10.3 Å². The second-order valence-corrected chi connectivity index (χ2v) is 9.60. The van der Waals surface area contributed by atoms with Gasteiger partial charge in [-0.15, -0.1) is 23.1 Å². The summed E-state index contributed by atoms with van der Waals surface area (Å²) in [6.07, 6.45) is 3.52. The molecule has 5 nitrogen and oxygen atoms in total. The highest BCUT2D eigenvalue weighted by molar-refractivity contribution is 7.99. The zero-order valence-corrected chi connectivity index (χ0v) is 17.5. The van der Waals surface area contributed by atoms with E-state index >= 15 is 0 Å². The molecule has 26 heavy (non-hydrogen) atoms. The van der Waals surface area contributed by atoms with E-state index in [0.29, 0.717) is 40.6 Å². The average molecular weight is 394 g/mol. The van der Waals surface area contributed by atoms with Crippen LogP contribution in [0.4, 0.5) is 0 Å². The molecule has 0 spiro atoms. The zero-order valence-electron chi connectivity index (χ0n) is 15.8. The summed E-state index contributed by atoms with van der Waals surface area (Å²) in [5, 5.41) is 3.88. The number of thioether (sulfide) groups is 1. The third-order valence-electron chi connectivity index (χ3n) is 5.61. The maximum atomic E-state index is 12.3. The van der Waals surface area contributed by atoms with Crippen molar-refractivity contribution in [1.29, 1.82) is 0 Å². The smallest absolute Gasteiger partial charge is 0.259 e. The van der Waals surface area contributed by atoms with Crippen LogP contribution < -0.4 is 10.9 Å². The third-order valence-corrected chi connectivity index (χ3v) is 7.66. The predicted molar refractivity (Wildman–Crippen MR) is 110 cm³/mol. The summed E-state index contributed by atoms with van der Waals surface area (Å²) < 4.78 is 0. The van der Waals surface area contributed by atoms with Gasteiger partial charge in [-0.2, -0.15) is 0 Å². The van der Waals surface area contributed by atoms with Crippen LogP contribution in [0.25, 0.3) is 10.2 Å². The number of rotatable bonds is 5. The van der Waals surface area contributed by atoms with Gasteiger partial charge in [0.2, 0.25) is 5.91 Å². The van der Waals surface area contributed by atoms with Gasteiger partial charge in [-0.05, 0) is 37.7 Å². The van der Waals surface area contributed by atoms with Crippen molar-refractivity contribution in [1.82, 2.24) is 15.3 Å². The summed E-state index contributed by atoms with van der Waals surface area (Å²) in [6.45, 7) is 8.46. The van der Waals surface area contributed by atoms with Crippen molar-refractivity contribution in [3.63, 3.8) is 0 Å². The summed E-state index contributed by atoms with van der Waals surface area (Å²) >= 11 is 3.04. The lowest BCUT2D eigenvalue weighted by Crippen LogP contribution is -2.44. The summed E-state index contributed by atoms with van der Waals surface area (Å²) in [5.74, 6) is 2.84. The fourth-order valence-corrected chi connectivity index (χ4v) is 5.39. The number of nitrogens with one attached hydrogen (secondary N) is 2. The van der Waals surface area contributed by atoms with Crippen LogP contribution in [0.2, 0.25) is 0 Å². The van der Waals surface area contributed by atoms with Crippen molar-refractivity contribution in [2.24, 2.45) is 11.8 Å². The molecule has 2 N–H and O–H groups in total. The Balaban J connectivity index is 1.55. The van der Waals surface area contributed by atoms with Gasteiger partial charge in [-0.1, -0.05) is 26.7 Å². The van der Waals surface area contributed by atoms with Gasteiger partial charge in [0.1, 0.15) is 10.7 Å². The topological polar surface area (TPSA) is 74.8 Å². The number of hydrogen-bond donors (Lipinski definition) is 2. The molecule has 0 aromatic carbocycles. The molecule has 142 valence electrons. The molecular weight excluding hydrogens is 366 g/mol. The lowest BCUT2D eigenvalue weighted by Gasteiger charge is -2.34. The molecule has 2 aromatic heterocycles. The van der Waals surface area contributed by atoms with E-state index in [2.05, 4.69) is 29.1 Å². The number of thiophene rings is 1. The zero-order chi connectivity index (χ0) is 18.8. The first-order chi connectivity index (χ1) is 12.4. The first-order valence-electron chi connectivity index (χ1n) is 9.22. The maximum absolute atomic E-state index is 12.3. The van der Waals surface area contributed by atoms with E-state index < -0.39 is 0 Å². The first-order valence-corrected chi connectivity index (χ1v) is 11.2. The highest BCUT2D eigenvalue weighted by Crippen LogP contribution is 2.29. The van der Waals surface area contributed by atoms with Crippen molar-refractivity contribution in [3.05, 3.63) is 26.6 Å².